The third-order valence-electron chi connectivity index (χ3n) is 2.98. The van der Waals surface area contributed by atoms with E-state index < -0.39 is 0 Å². The average molecular weight is 234 g/mol. The van der Waals surface area contributed by atoms with Crippen LogP contribution in [-0.4, -0.2) is 10.2 Å². The SMILES string of the molecule is Cc1cccc(/C=C/c2n[nH]c3ccccc23)c1. The average Bonchev–Trinajstić information content (AvgIpc) is 2.80. The number of nitrogens with one attached hydrogen (secondary N) is 1. The van der Waals surface area contributed by atoms with E-state index in [-0.39, 0.29) is 0 Å². The van der Waals surface area contributed by atoms with Gasteiger partial charge < -0.3 is 0 Å². The van der Waals surface area contributed by atoms with E-state index in [9.17, 15) is 0 Å². The predicted octanol–water partition coefficient (Wildman–Crippen LogP) is 4.04. The fourth-order valence-electron chi connectivity index (χ4n) is 2.06. The number of benzene rings is 2. The molecule has 0 bridgehead atoms. The summed E-state index contributed by atoms with van der Waals surface area (Å²) >= 11 is 0. The smallest absolute Gasteiger partial charge is 0.0927 e. The third kappa shape index (κ3) is 2.05. The molecule has 3 rings (SSSR count). The molecule has 1 N–H and O–H groups in total. The largest absolute Gasteiger partial charge is 0.277 e. The minimum Gasteiger partial charge on any atom is -0.277 e. The van der Waals surface area contributed by atoms with Crippen molar-refractivity contribution in [3.63, 3.8) is 0 Å². The van der Waals surface area contributed by atoms with Crippen LogP contribution in [0.2, 0.25) is 0 Å². The summed E-state index contributed by atoms with van der Waals surface area (Å²) in [7, 11) is 0. The van der Waals surface area contributed by atoms with E-state index in [1.807, 2.05) is 24.3 Å². The number of nitrogens with zero attached hydrogens (tertiary/aromatic N) is 1. The molecule has 1 aromatic heterocycles. The first kappa shape index (κ1) is 10.8. The normalized spacial score (nSPS) is 11.4. The molecule has 0 fully saturated rings. The second-order valence-electron chi connectivity index (χ2n) is 4.40. The number of hydrogen-bond acceptors (Lipinski definition) is 1. The monoisotopic (exact) mass is 234 g/mol. The fraction of sp³-hybridized carbons (Fsp3) is 0.0625. The second kappa shape index (κ2) is 4.49. The van der Waals surface area contributed by atoms with Gasteiger partial charge in [-0.1, -0.05) is 54.1 Å². The lowest BCUT2D eigenvalue weighted by molar-refractivity contribution is 1.11. The Morgan fingerprint density at radius 2 is 1.89 bits per heavy atom. The molecule has 2 nitrogen and oxygen atoms in total. The molecule has 0 aliphatic carbocycles. The summed E-state index contributed by atoms with van der Waals surface area (Å²) in [5.74, 6) is 0. The van der Waals surface area contributed by atoms with Crippen molar-refractivity contribution in [2.24, 2.45) is 0 Å². The maximum atomic E-state index is 4.32. The zero-order valence-corrected chi connectivity index (χ0v) is 10.2. The Bertz CT molecular complexity index is 708. The molecule has 0 saturated heterocycles. The molecule has 0 radical (unpaired) electrons. The number of aromatic nitrogens is 2. The number of hydrogen-bond donors (Lipinski definition) is 1. The fourth-order valence-corrected chi connectivity index (χ4v) is 2.06. The van der Waals surface area contributed by atoms with Gasteiger partial charge in [-0.15, -0.1) is 0 Å². The highest BCUT2D eigenvalue weighted by molar-refractivity contribution is 5.89. The Morgan fingerprint density at radius 1 is 1.00 bits per heavy atom. The first-order valence-electron chi connectivity index (χ1n) is 6.01. The van der Waals surface area contributed by atoms with Gasteiger partial charge in [0.1, 0.15) is 0 Å². The first-order valence-corrected chi connectivity index (χ1v) is 6.01. The Morgan fingerprint density at radius 3 is 2.78 bits per heavy atom. The quantitative estimate of drug-likeness (QED) is 0.712. The summed E-state index contributed by atoms with van der Waals surface area (Å²) in [5, 5.41) is 8.51. The molecule has 88 valence electrons. The molecule has 0 amide bonds. The Labute approximate surface area is 106 Å². The number of H-pyrrole nitrogens is 1. The highest BCUT2D eigenvalue weighted by Crippen LogP contribution is 2.17. The van der Waals surface area contributed by atoms with Crippen LogP contribution in [-0.2, 0) is 0 Å². The molecule has 2 heteroatoms. The Hall–Kier alpha value is -2.35. The minimum absolute atomic E-state index is 0.979. The summed E-state index contributed by atoms with van der Waals surface area (Å²) in [6.45, 7) is 2.10. The van der Waals surface area contributed by atoms with E-state index in [2.05, 4.69) is 53.5 Å². The molecule has 0 saturated carbocycles. The highest BCUT2D eigenvalue weighted by atomic mass is 15.1. The van der Waals surface area contributed by atoms with Gasteiger partial charge in [-0.05, 0) is 24.6 Å². The van der Waals surface area contributed by atoms with Gasteiger partial charge in [0.05, 0.1) is 11.2 Å². The van der Waals surface area contributed by atoms with Crippen molar-refractivity contribution >= 4 is 23.1 Å². The number of aromatic amines is 1. The number of para-hydroxylation sites is 1. The lowest BCUT2D eigenvalue weighted by Crippen LogP contribution is -1.76. The summed E-state index contributed by atoms with van der Waals surface area (Å²) < 4.78 is 0. The minimum atomic E-state index is 0.979. The van der Waals surface area contributed by atoms with Gasteiger partial charge in [-0.25, -0.2) is 0 Å². The lowest BCUT2D eigenvalue weighted by Gasteiger charge is -1.95. The molecule has 0 spiro atoms. The van der Waals surface area contributed by atoms with Crippen LogP contribution in [0, 0.1) is 6.92 Å². The molecule has 0 aliphatic rings. The van der Waals surface area contributed by atoms with Gasteiger partial charge in [0, 0.05) is 5.39 Å². The van der Waals surface area contributed by atoms with Gasteiger partial charge in [0.2, 0.25) is 0 Å². The standard InChI is InChI=1S/C16H14N2/c1-12-5-4-6-13(11-12)9-10-16-14-7-2-3-8-15(14)17-18-16/h2-11H,1H3,(H,17,18)/b10-9+. The maximum absolute atomic E-state index is 4.32. The van der Waals surface area contributed by atoms with Crippen molar-refractivity contribution in [3.8, 4) is 0 Å². The van der Waals surface area contributed by atoms with E-state index in [4.69, 9.17) is 0 Å². The molecule has 2 aromatic carbocycles. The molecule has 0 unspecified atom stereocenters. The van der Waals surface area contributed by atoms with Crippen LogP contribution in [0.25, 0.3) is 23.1 Å². The zero-order valence-electron chi connectivity index (χ0n) is 10.2. The molecule has 0 atom stereocenters. The van der Waals surface area contributed by atoms with Crippen LogP contribution in [0.4, 0.5) is 0 Å². The number of fused-ring (bicyclic) bond motifs is 1. The van der Waals surface area contributed by atoms with Crippen LogP contribution >= 0.6 is 0 Å². The van der Waals surface area contributed by atoms with Crippen LogP contribution in [0.5, 0.6) is 0 Å². The van der Waals surface area contributed by atoms with Crippen molar-refractivity contribution in [2.45, 2.75) is 6.92 Å². The second-order valence-corrected chi connectivity index (χ2v) is 4.40. The van der Waals surface area contributed by atoms with Crippen LogP contribution < -0.4 is 0 Å². The van der Waals surface area contributed by atoms with Crippen LogP contribution in [0.1, 0.15) is 16.8 Å². The van der Waals surface area contributed by atoms with Crippen molar-refractivity contribution in [1.29, 1.82) is 0 Å². The Balaban J connectivity index is 1.97. The summed E-state index contributed by atoms with van der Waals surface area (Å²) in [6.07, 6.45) is 4.14. The van der Waals surface area contributed by atoms with E-state index in [1.165, 1.54) is 11.1 Å². The molecular weight excluding hydrogens is 220 g/mol. The molecular formula is C16H14N2. The van der Waals surface area contributed by atoms with Crippen LogP contribution in [0.3, 0.4) is 0 Å². The topological polar surface area (TPSA) is 28.7 Å². The van der Waals surface area contributed by atoms with Gasteiger partial charge >= 0.3 is 0 Å². The van der Waals surface area contributed by atoms with Gasteiger partial charge in [0.25, 0.3) is 0 Å². The highest BCUT2D eigenvalue weighted by Gasteiger charge is 2.00. The molecule has 1 heterocycles. The lowest BCUT2D eigenvalue weighted by atomic mass is 10.1. The van der Waals surface area contributed by atoms with Crippen molar-refractivity contribution < 1.29 is 0 Å². The summed E-state index contributed by atoms with van der Waals surface area (Å²) in [4.78, 5) is 0. The number of aryl methyl sites for hydroxylation is 1. The van der Waals surface area contributed by atoms with Crippen LogP contribution in [0.15, 0.2) is 48.5 Å². The molecule has 18 heavy (non-hydrogen) atoms. The maximum Gasteiger partial charge on any atom is 0.0927 e. The molecule has 0 aliphatic heterocycles. The predicted molar refractivity (Wildman–Crippen MR) is 76.2 cm³/mol. The first-order chi connectivity index (χ1) is 8.83. The van der Waals surface area contributed by atoms with E-state index in [0.717, 1.165) is 16.6 Å². The Kier molecular flexibility index (Phi) is 2.69. The van der Waals surface area contributed by atoms with Crippen molar-refractivity contribution in [1.82, 2.24) is 10.2 Å². The van der Waals surface area contributed by atoms with Gasteiger partial charge in [-0.3, -0.25) is 5.10 Å². The van der Waals surface area contributed by atoms with Gasteiger partial charge in [-0.2, -0.15) is 5.10 Å². The summed E-state index contributed by atoms with van der Waals surface area (Å²) in [5.41, 5.74) is 4.51. The van der Waals surface area contributed by atoms with Crippen molar-refractivity contribution in [2.75, 3.05) is 0 Å². The van der Waals surface area contributed by atoms with E-state index >= 15 is 0 Å². The zero-order chi connectivity index (χ0) is 12.4. The number of rotatable bonds is 2. The summed E-state index contributed by atoms with van der Waals surface area (Å²) in [6, 6.07) is 16.6. The molecule has 3 aromatic rings. The van der Waals surface area contributed by atoms with E-state index in [1.54, 1.807) is 0 Å². The third-order valence-corrected chi connectivity index (χ3v) is 2.98. The van der Waals surface area contributed by atoms with E-state index in [0.29, 0.717) is 0 Å². The van der Waals surface area contributed by atoms with Crippen molar-refractivity contribution in [3.05, 3.63) is 65.4 Å². The van der Waals surface area contributed by atoms with Gasteiger partial charge in [0.15, 0.2) is 0 Å².